The summed E-state index contributed by atoms with van der Waals surface area (Å²) in [6, 6.07) is 7.11. The van der Waals surface area contributed by atoms with Crippen LogP contribution >= 0.6 is 46.4 Å². The zero-order chi connectivity index (χ0) is 17.9. The third kappa shape index (κ3) is 4.68. The van der Waals surface area contributed by atoms with Gasteiger partial charge in [0.25, 0.3) is 11.8 Å². The second-order valence-corrected chi connectivity index (χ2v) is 6.25. The van der Waals surface area contributed by atoms with Crippen molar-refractivity contribution in [2.24, 2.45) is 5.73 Å². The number of anilines is 1. The summed E-state index contributed by atoms with van der Waals surface area (Å²) >= 11 is 23.5. The van der Waals surface area contributed by atoms with Crippen molar-refractivity contribution in [3.63, 3.8) is 0 Å². The van der Waals surface area contributed by atoms with Gasteiger partial charge in [-0.3, -0.25) is 9.59 Å². The van der Waals surface area contributed by atoms with Crippen LogP contribution < -0.4 is 15.8 Å². The first kappa shape index (κ1) is 18.7. The smallest absolute Gasteiger partial charge is 0.262 e. The minimum absolute atomic E-state index is 0.102. The summed E-state index contributed by atoms with van der Waals surface area (Å²) in [6.45, 7) is -0.392. The van der Waals surface area contributed by atoms with E-state index in [4.69, 9.17) is 56.9 Å². The van der Waals surface area contributed by atoms with Crippen molar-refractivity contribution in [1.29, 1.82) is 0 Å². The predicted octanol–water partition coefficient (Wildman–Crippen LogP) is 4.42. The Hall–Kier alpha value is -1.66. The van der Waals surface area contributed by atoms with Crippen molar-refractivity contribution in [2.45, 2.75) is 0 Å². The van der Waals surface area contributed by atoms with E-state index in [1.807, 2.05) is 0 Å². The summed E-state index contributed by atoms with van der Waals surface area (Å²) in [7, 11) is 0. The first-order valence-corrected chi connectivity index (χ1v) is 7.95. The second kappa shape index (κ2) is 7.94. The molecule has 0 spiro atoms. The van der Waals surface area contributed by atoms with Gasteiger partial charge in [-0.05, 0) is 30.3 Å². The van der Waals surface area contributed by atoms with Gasteiger partial charge in [0.2, 0.25) is 0 Å². The molecule has 0 aromatic heterocycles. The van der Waals surface area contributed by atoms with Crippen LogP contribution in [0.3, 0.4) is 0 Å². The molecule has 0 atom stereocenters. The van der Waals surface area contributed by atoms with Gasteiger partial charge in [-0.2, -0.15) is 0 Å². The number of rotatable bonds is 5. The van der Waals surface area contributed by atoms with E-state index < -0.39 is 18.4 Å². The summed E-state index contributed by atoms with van der Waals surface area (Å²) < 4.78 is 5.31. The Morgan fingerprint density at radius 1 is 1.00 bits per heavy atom. The molecular formula is C15H10Cl4N2O3. The number of amides is 2. The summed E-state index contributed by atoms with van der Waals surface area (Å²) in [5, 5.41) is 3.58. The lowest BCUT2D eigenvalue weighted by Gasteiger charge is -2.11. The molecule has 5 nitrogen and oxygen atoms in total. The SMILES string of the molecule is NC(=O)c1ccc(Cl)cc1OCC(=O)Nc1cc(Cl)c(Cl)cc1Cl. The van der Waals surface area contributed by atoms with Gasteiger partial charge in [0.15, 0.2) is 6.61 Å². The Balaban J connectivity index is 2.08. The van der Waals surface area contributed by atoms with E-state index in [0.717, 1.165) is 0 Å². The molecule has 0 aliphatic heterocycles. The van der Waals surface area contributed by atoms with Gasteiger partial charge in [0.05, 0.1) is 26.3 Å². The highest BCUT2D eigenvalue weighted by molar-refractivity contribution is 6.44. The number of halogens is 4. The molecule has 2 aromatic rings. The van der Waals surface area contributed by atoms with Crippen molar-refractivity contribution in [3.8, 4) is 5.75 Å². The van der Waals surface area contributed by atoms with Crippen LogP contribution in [0, 0.1) is 0 Å². The topological polar surface area (TPSA) is 81.4 Å². The molecule has 2 aromatic carbocycles. The highest BCUT2D eigenvalue weighted by Crippen LogP contribution is 2.32. The van der Waals surface area contributed by atoms with Gasteiger partial charge in [-0.25, -0.2) is 0 Å². The molecule has 0 saturated heterocycles. The van der Waals surface area contributed by atoms with E-state index in [-0.39, 0.29) is 32.1 Å². The number of carbonyl (C=O) groups excluding carboxylic acids is 2. The Morgan fingerprint density at radius 3 is 2.33 bits per heavy atom. The zero-order valence-corrected chi connectivity index (χ0v) is 14.9. The molecule has 0 bridgehead atoms. The summed E-state index contributed by atoms with van der Waals surface area (Å²) in [6.07, 6.45) is 0. The van der Waals surface area contributed by atoms with Crippen molar-refractivity contribution >= 4 is 63.9 Å². The van der Waals surface area contributed by atoms with Crippen LogP contribution in [0.25, 0.3) is 0 Å². The lowest BCUT2D eigenvalue weighted by molar-refractivity contribution is -0.118. The van der Waals surface area contributed by atoms with E-state index in [1.54, 1.807) is 0 Å². The lowest BCUT2D eigenvalue weighted by atomic mass is 10.2. The Labute approximate surface area is 157 Å². The van der Waals surface area contributed by atoms with Crippen LogP contribution in [0.1, 0.15) is 10.4 Å². The van der Waals surface area contributed by atoms with E-state index in [0.29, 0.717) is 5.02 Å². The van der Waals surface area contributed by atoms with Crippen LogP contribution in [0.5, 0.6) is 5.75 Å². The van der Waals surface area contributed by atoms with Crippen LogP contribution in [0.4, 0.5) is 5.69 Å². The summed E-state index contributed by atoms with van der Waals surface area (Å²) in [5.41, 5.74) is 5.63. The maximum Gasteiger partial charge on any atom is 0.262 e. The van der Waals surface area contributed by atoms with Gasteiger partial charge >= 0.3 is 0 Å². The Bertz CT molecular complexity index is 812. The van der Waals surface area contributed by atoms with Gasteiger partial charge in [0, 0.05) is 5.02 Å². The number of ether oxygens (including phenoxy) is 1. The number of hydrogen-bond acceptors (Lipinski definition) is 3. The molecule has 3 N–H and O–H groups in total. The highest BCUT2D eigenvalue weighted by Gasteiger charge is 2.13. The average Bonchev–Trinajstić information content (AvgIpc) is 2.50. The maximum absolute atomic E-state index is 12.0. The molecule has 0 aliphatic carbocycles. The molecular weight excluding hydrogens is 398 g/mol. The third-order valence-corrected chi connectivity index (χ3v) is 4.12. The van der Waals surface area contributed by atoms with E-state index in [9.17, 15) is 9.59 Å². The van der Waals surface area contributed by atoms with Crippen molar-refractivity contribution in [2.75, 3.05) is 11.9 Å². The quantitative estimate of drug-likeness (QED) is 0.720. The zero-order valence-electron chi connectivity index (χ0n) is 11.9. The molecule has 0 saturated carbocycles. The average molecular weight is 408 g/mol. The second-order valence-electron chi connectivity index (χ2n) is 4.59. The minimum Gasteiger partial charge on any atom is -0.483 e. The molecule has 2 amide bonds. The molecule has 2 rings (SSSR count). The van der Waals surface area contributed by atoms with E-state index >= 15 is 0 Å². The molecule has 9 heteroatoms. The van der Waals surface area contributed by atoms with Gasteiger partial charge in [-0.1, -0.05) is 46.4 Å². The summed E-state index contributed by atoms with van der Waals surface area (Å²) in [4.78, 5) is 23.3. The third-order valence-electron chi connectivity index (χ3n) is 2.85. The number of primary amides is 1. The van der Waals surface area contributed by atoms with Crippen LogP contribution in [-0.4, -0.2) is 18.4 Å². The molecule has 0 heterocycles. The van der Waals surface area contributed by atoms with Crippen LogP contribution in [0.2, 0.25) is 20.1 Å². The lowest BCUT2D eigenvalue weighted by Crippen LogP contribution is -2.22. The Morgan fingerprint density at radius 2 is 1.67 bits per heavy atom. The molecule has 0 unspecified atom stereocenters. The predicted molar refractivity (Wildman–Crippen MR) is 95.6 cm³/mol. The first-order chi connectivity index (χ1) is 11.3. The number of nitrogens with two attached hydrogens (primary N) is 1. The minimum atomic E-state index is -0.699. The van der Waals surface area contributed by atoms with Gasteiger partial charge < -0.3 is 15.8 Å². The number of carbonyl (C=O) groups is 2. The largest absolute Gasteiger partial charge is 0.483 e. The van der Waals surface area contributed by atoms with Crippen molar-refractivity contribution < 1.29 is 14.3 Å². The highest BCUT2D eigenvalue weighted by atomic mass is 35.5. The fourth-order valence-electron chi connectivity index (χ4n) is 1.77. The molecule has 24 heavy (non-hydrogen) atoms. The van der Waals surface area contributed by atoms with Crippen LogP contribution in [-0.2, 0) is 4.79 Å². The normalized spacial score (nSPS) is 10.3. The fourth-order valence-corrected chi connectivity index (χ4v) is 2.52. The first-order valence-electron chi connectivity index (χ1n) is 6.44. The maximum atomic E-state index is 12.0. The number of benzene rings is 2. The van der Waals surface area contributed by atoms with Crippen LogP contribution in [0.15, 0.2) is 30.3 Å². The summed E-state index contributed by atoms with van der Waals surface area (Å²) in [5.74, 6) is -1.12. The van der Waals surface area contributed by atoms with Gasteiger partial charge in [-0.15, -0.1) is 0 Å². The van der Waals surface area contributed by atoms with E-state index in [2.05, 4.69) is 5.32 Å². The standard InChI is InChI=1S/C15H10Cl4N2O3/c16-7-1-2-8(15(20)23)13(3-7)24-6-14(22)21-12-5-10(18)9(17)4-11(12)19/h1-5H,6H2,(H2,20,23)(H,21,22). The Kier molecular flexibility index (Phi) is 6.18. The number of nitrogens with one attached hydrogen (secondary N) is 1. The molecule has 126 valence electrons. The monoisotopic (exact) mass is 406 g/mol. The molecule has 0 radical (unpaired) electrons. The number of hydrogen-bond donors (Lipinski definition) is 2. The van der Waals surface area contributed by atoms with Gasteiger partial charge in [0.1, 0.15) is 5.75 Å². The fraction of sp³-hybridized carbons (Fsp3) is 0.0667. The molecule has 0 fully saturated rings. The van der Waals surface area contributed by atoms with E-state index in [1.165, 1.54) is 30.3 Å². The van der Waals surface area contributed by atoms with Crippen molar-refractivity contribution in [1.82, 2.24) is 0 Å². The van der Waals surface area contributed by atoms with Crippen molar-refractivity contribution in [3.05, 3.63) is 56.0 Å². The molecule has 0 aliphatic rings.